The number of nitrogens with zero attached hydrogens (tertiary/aromatic N) is 4. The first-order chi connectivity index (χ1) is 18.7. The number of carbonyl (C=O) groups is 1. The van der Waals surface area contributed by atoms with Gasteiger partial charge in [-0.3, -0.25) is 4.90 Å². The molecule has 2 atom stereocenters. The molecule has 2 fully saturated rings. The number of likely N-dealkylation sites (N-methyl/N-ethyl adjacent to an activating group) is 1. The number of piperazine rings is 1. The number of amides is 2. The number of hydrogen-bond donors (Lipinski definition) is 0. The summed E-state index contributed by atoms with van der Waals surface area (Å²) in [5, 5.41) is 0.692. The van der Waals surface area contributed by atoms with Crippen LogP contribution in [-0.4, -0.2) is 92.1 Å². The summed E-state index contributed by atoms with van der Waals surface area (Å²) in [7, 11) is -1.12. The Labute approximate surface area is 236 Å². The van der Waals surface area contributed by atoms with Gasteiger partial charge in [-0.15, -0.1) is 0 Å². The fraction of sp³-hybridized carbons (Fsp3) is 0.367. The van der Waals surface area contributed by atoms with E-state index in [2.05, 4.69) is 60.5 Å². The Balaban J connectivity index is 1.30. The van der Waals surface area contributed by atoms with Crippen LogP contribution in [0.3, 0.4) is 0 Å². The summed E-state index contributed by atoms with van der Waals surface area (Å²) >= 11 is 6.18. The molecule has 0 spiro atoms. The van der Waals surface area contributed by atoms with Gasteiger partial charge in [0.2, 0.25) is 10.0 Å². The third kappa shape index (κ3) is 6.47. The van der Waals surface area contributed by atoms with E-state index in [0.717, 1.165) is 12.1 Å². The van der Waals surface area contributed by atoms with Gasteiger partial charge in [-0.05, 0) is 41.4 Å². The van der Waals surface area contributed by atoms with Crippen LogP contribution in [0.1, 0.15) is 17.0 Å². The average molecular weight is 567 g/mol. The highest BCUT2D eigenvalue weighted by atomic mass is 35.5. The number of benzene rings is 3. The summed E-state index contributed by atoms with van der Waals surface area (Å²) in [6.45, 7) is 3.46. The number of halogens is 1. The van der Waals surface area contributed by atoms with E-state index >= 15 is 0 Å². The van der Waals surface area contributed by atoms with Gasteiger partial charge >= 0.3 is 6.03 Å². The van der Waals surface area contributed by atoms with Crippen molar-refractivity contribution in [1.82, 2.24) is 19.0 Å². The van der Waals surface area contributed by atoms with Crippen molar-refractivity contribution in [3.63, 3.8) is 0 Å². The molecule has 0 aliphatic carbocycles. The Hall–Kier alpha value is -2.91. The lowest BCUT2D eigenvalue weighted by molar-refractivity contribution is 0.138. The molecule has 2 heterocycles. The van der Waals surface area contributed by atoms with Gasteiger partial charge in [0.1, 0.15) is 0 Å². The molecule has 39 heavy (non-hydrogen) atoms. The van der Waals surface area contributed by atoms with Gasteiger partial charge in [0.25, 0.3) is 0 Å². The van der Waals surface area contributed by atoms with Crippen molar-refractivity contribution in [2.24, 2.45) is 0 Å². The Morgan fingerprint density at radius 2 is 1.46 bits per heavy atom. The van der Waals surface area contributed by atoms with Crippen LogP contribution < -0.4 is 0 Å². The minimum absolute atomic E-state index is 0.0229. The SMILES string of the molecule is CN(Cc1ccc(-c2ccccc2)cc1)C1CN(C(=O)N2CCN(S(C)(=O)=O)CC2)C[C@@H]1c1ccc(Cl)cc1. The van der Waals surface area contributed by atoms with Crippen molar-refractivity contribution >= 4 is 27.7 Å². The van der Waals surface area contributed by atoms with E-state index in [-0.39, 0.29) is 18.0 Å². The smallest absolute Gasteiger partial charge is 0.320 e. The largest absolute Gasteiger partial charge is 0.322 e. The zero-order valence-electron chi connectivity index (χ0n) is 22.4. The molecule has 3 aromatic rings. The van der Waals surface area contributed by atoms with E-state index < -0.39 is 10.0 Å². The van der Waals surface area contributed by atoms with Crippen molar-refractivity contribution in [2.75, 3.05) is 52.6 Å². The van der Waals surface area contributed by atoms with Gasteiger partial charge < -0.3 is 9.80 Å². The van der Waals surface area contributed by atoms with Crippen LogP contribution in [0.5, 0.6) is 0 Å². The van der Waals surface area contributed by atoms with E-state index in [1.807, 2.05) is 35.2 Å². The Morgan fingerprint density at radius 1 is 0.846 bits per heavy atom. The summed E-state index contributed by atoms with van der Waals surface area (Å²) in [6, 6.07) is 27.1. The molecule has 206 valence electrons. The third-order valence-electron chi connectivity index (χ3n) is 7.90. The first kappa shape index (κ1) is 27.6. The summed E-state index contributed by atoms with van der Waals surface area (Å²) < 4.78 is 25.2. The molecule has 2 aliphatic rings. The van der Waals surface area contributed by atoms with Crippen molar-refractivity contribution in [3.05, 3.63) is 95.0 Å². The summed E-state index contributed by atoms with van der Waals surface area (Å²) in [5.41, 5.74) is 4.76. The lowest BCUT2D eigenvalue weighted by Crippen LogP contribution is -2.53. The Bertz CT molecular complexity index is 1380. The highest BCUT2D eigenvalue weighted by Crippen LogP contribution is 2.33. The van der Waals surface area contributed by atoms with Crippen LogP contribution in [-0.2, 0) is 16.6 Å². The van der Waals surface area contributed by atoms with Crippen LogP contribution in [0.2, 0.25) is 5.02 Å². The molecule has 3 aromatic carbocycles. The minimum atomic E-state index is -3.25. The number of likely N-dealkylation sites (tertiary alicyclic amines) is 1. The highest BCUT2D eigenvalue weighted by Gasteiger charge is 2.40. The molecule has 2 aliphatic heterocycles. The van der Waals surface area contributed by atoms with Gasteiger partial charge in [0.15, 0.2) is 0 Å². The first-order valence-electron chi connectivity index (χ1n) is 13.3. The lowest BCUT2D eigenvalue weighted by atomic mass is 9.93. The molecule has 0 saturated carbocycles. The predicted octanol–water partition coefficient (Wildman–Crippen LogP) is 4.60. The van der Waals surface area contributed by atoms with Crippen molar-refractivity contribution in [1.29, 1.82) is 0 Å². The molecule has 2 saturated heterocycles. The number of hydrogen-bond acceptors (Lipinski definition) is 4. The average Bonchev–Trinajstić information content (AvgIpc) is 3.39. The Morgan fingerprint density at radius 3 is 2.08 bits per heavy atom. The molecule has 0 bridgehead atoms. The van der Waals surface area contributed by atoms with Gasteiger partial charge in [0.05, 0.1) is 6.26 Å². The third-order valence-corrected chi connectivity index (χ3v) is 9.45. The molecule has 9 heteroatoms. The first-order valence-corrected chi connectivity index (χ1v) is 15.5. The van der Waals surface area contributed by atoms with Crippen LogP contribution in [0.4, 0.5) is 4.79 Å². The summed E-state index contributed by atoms with van der Waals surface area (Å²) in [4.78, 5) is 19.6. The molecular formula is C30H35ClN4O3S. The normalized spacial score (nSPS) is 20.5. The molecule has 7 nitrogen and oxygen atoms in total. The van der Waals surface area contributed by atoms with E-state index in [4.69, 9.17) is 11.6 Å². The minimum Gasteiger partial charge on any atom is -0.322 e. The van der Waals surface area contributed by atoms with Gasteiger partial charge in [0, 0.05) is 62.8 Å². The van der Waals surface area contributed by atoms with Gasteiger partial charge in [-0.2, -0.15) is 4.31 Å². The van der Waals surface area contributed by atoms with Gasteiger partial charge in [-0.1, -0.05) is 78.3 Å². The van der Waals surface area contributed by atoms with Crippen molar-refractivity contribution < 1.29 is 13.2 Å². The van der Waals surface area contributed by atoms with Crippen LogP contribution in [0.25, 0.3) is 11.1 Å². The van der Waals surface area contributed by atoms with E-state index in [1.165, 1.54) is 27.3 Å². The maximum absolute atomic E-state index is 13.5. The highest BCUT2D eigenvalue weighted by molar-refractivity contribution is 7.88. The molecule has 0 N–H and O–H groups in total. The zero-order valence-corrected chi connectivity index (χ0v) is 24.0. The second-order valence-electron chi connectivity index (χ2n) is 10.5. The van der Waals surface area contributed by atoms with Crippen LogP contribution >= 0.6 is 11.6 Å². The van der Waals surface area contributed by atoms with Gasteiger partial charge in [-0.25, -0.2) is 13.2 Å². The monoisotopic (exact) mass is 566 g/mol. The topological polar surface area (TPSA) is 64.2 Å². The standard InChI is InChI=1S/C30H35ClN4O3S/c1-32(20-23-8-10-25(11-9-23)24-6-4-3-5-7-24)29-22-34(21-28(29)26-12-14-27(31)15-13-26)30(36)33-16-18-35(19-17-33)39(2,37)38/h3-15,28-29H,16-22H2,1-2H3/t28-,29?/m1/s1. The second kappa shape index (κ2) is 11.7. The van der Waals surface area contributed by atoms with Crippen LogP contribution in [0.15, 0.2) is 78.9 Å². The molecule has 2 amide bonds. The quantitative estimate of drug-likeness (QED) is 0.437. The van der Waals surface area contributed by atoms with E-state index in [9.17, 15) is 13.2 Å². The number of rotatable bonds is 6. The number of carbonyl (C=O) groups excluding carboxylic acids is 1. The fourth-order valence-electron chi connectivity index (χ4n) is 5.68. The van der Waals surface area contributed by atoms with E-state index in [0.29, 0.717) is 44.3 Å². The molecular weight excluding hydrogens is 532 g/mol. The zero-order chi connectivity index (χ0) is 27.6. The van der Waals surface area contributed by atoms with E-state index in [1.54, 1.807) is 4.90 Å². The maximum atomic E-state index is 13.5. The summed E-state index contributed by atoms with van der Waals surface area (Å²) in [6.07, 6.45) is 1.22. The number of sulfonamides is 1. The lowest BCUT2D eigenvalue weighted by Gasteiger charge is -2.35. The second-order valence-corrected chi connectivity index (χ2v) is 13.0. The molecule has 0 aromatic heterocycles. The van der Waals surface area contributed by atoms with Crippen molar-refractivity contribution in [2.45, 2.75) is 18.5 Å². The molecule has 1 unspecified atom stereocenters. The predicted molar refractivity (Wildman–Crippen MR) is 156 cm³/mol. The van der Waals surface area contributed by atoms with Crippen molar-refractivity contribution in [3.8, 4) is 11.1 Å². The molecule has 5 rings (SSSR count). The summed E-state index contributed by atoms with van der Waals surface area (Å²) in [5.74, 6) is 0.136. The number of urea groups is 1. The fourth-order valence-corrected chi connectivity index (χ4v) is 6.63. The Kier molecular flexibility index (Phi) is 8.28. The maximum Gasteiger partial charge on any atom is 0.320 e. The molecule has 0 radical (unpaired) electrons. The van der Waals surface area contributed by atoms with Crippen LogP contribution in [0, 0.1) is 0 Å².